The van der Waals surface area contributed by atoms with E-state index < -0.39 is 6.23 Å². The van der Waals surface area contributed by atoms with Gasteiger partial charge in [-0.1, -0.05) is 48.0 Å². The van der Waals surface area contributed by atoms with E-state index in [4.69, 9.17) is 11.6 Å². The molecular formula is C18H18ClN3O. The fourth-order valence-corrected chi connectivity index (χ4v) is 2.54. The van der Waals surface area contributed by atoms with Crippen molar-refractivity contribution in [2.24, 2.45) is 4.99 Å². The Bertz CT molecular complexity index is 743. The summed E-state index contributed by atoms with van der Waals surface area (Å²) < 4.78 is 0. The van der Waals surface area contributed by atoms with Crippen LogP contribution in [0.1, 0.15) is 11.1 Å². The van der Waals surface area contributed by atoms with E-state index in [9.17, 15) is 5.11 Å². The quantitative estimate of drug-likeness (QED) is 0.902. The molecule has 1 atom stereocenters. The van der Waals surface area contributed by atoms with Gasteiger partial charge in [0.25, 0.3) is 0 Å². The number of halogens is 1. The molecule has 1 heterocycles. The van der Waals surface area contributed by atoms with Gasteiger partial charge in [-0.25, -0.2) is 4.99 Å². The van der Waals surface area contributed by atoms with Crippen LogP contribution in [0.25, 0.3) is 0 Å². The lowest BCUT2D eigenvalue weighted by molar-refractivity contribution is 0.225. The van der Waals surface area contributed by atoms with Crippen LogP contribution < -0.4 is 5.32 Å². The molecule has 23 heavy (non-hydrogen) atoms. The Morgan fingerprint density at radius 2 is 1.96 bits per heavy atom. The predicted molar refractivity (Wildman–Crippen MR) is 94.4 cm³/mol. The van der Waals surface area contributed by atoms with Crippen molar-refractivity contribution < 1.29 is 5.11 Å². The van der Waals surface area contributed by atoms with Crippen molar-refractivity contribution in [3.8, 4) is 0 Å². The average molecular weight is 328 g/mol. The van der Waals surface area contributed by atoms with Crippen molar-refractivity contribution in [2.45, 2.75) is 19.7 Å². The molecule has 0 radical (unpaired) electrons. The van der Waals surface area contributed by atoms with E-state index in [-0.39, 0.29) is 0 Å². The molecule has 4 nitrogen and oxygen atoms in total. The second-order valence-electron chi connectivity index (χ2n) is 5.36. The SMILES string of the molecule is Cc1c(Cl)cccc1NC1=NC(O)C=CN1Cc1ccccc1. The Morgan fingerprint density at radius 1 is 1.17 bits per heavy atom. The molecule has 2 aromatic carbocycles. The first-order valence-electron chi connectivity index (χ1n) is 7.40. The lowest BCUT2D eigenvalue weighted by Gasteiger charge is -2.27. The third kappa shape index (κ3) is 3.73. The van der Waals surface area contributed by atoms with Gasteiger partial charge in [0.2, 0.25) is 5.96 Å². The molecule has 2 N–H and O–H groups in total. The molecule has 0 fully saturated rings. The highest BCUT2D eigenvalue weighted by atomic mass is 35.5. The number of rotatable bonds is 3. The van der Waals surface area contributed by atoms with Gasteiger partial charge in [-0.3, -0.25) is 0 Å². The Hall–Kier alpha value is -2.30. The summed E-state index contributed by atoms with van der Waals surface area (Å²) in [5.41, 5.74) is 2.98. The number of guanidine groups is 1. The van der Waals surface area contributed by atoms with E-state index in [1.807, 2.05) is 54.4 Å². The number of hydrogen-bond acceptors (Lipinski definition) is 4. The molecule has 3 rings (SSSR count). The van der Waals surface area contributed by atoms with Gasteiger partial charge in [0.15, 0.2) is 6.23 Å². The normalized spacial score (nSPS) is 17.1. The van der Waals surface area contributed by atoms with Crippen molar-refractivity contribution in [3.63, 3.8) is 0 Å². The summed E-state index contributed by atoms with van der Waals surface area (Å²) in [6, 6.07) is 15.8. The van der Waals surface area contributed by atoms with Crippen molar-refractivity contribution in [1.29, 1.82) is 0 Å². The maximum absolute atomic E-state index is 9.80. The molecule has 5 heteroatoms. The smallest absolute Gasteiger partial charge is 0.205 e. The molecule has 0 spiro atoms. The van der Waals surface area contributed by atoms with Crippen LogP contribution in [0.15, 0.2) is 65.8 Å². The summed E-state index contributed by atoms with van der Waals surface area (Å²) in [5.74, 6) is 0.592. The molecule has 1 unspecified atom stereocenters. The Balaban J connectivity index is 1.83. The van der Waals surface area contributed by atoms with Crippen LogP contribution in [0, 0.1) is 6.92 Å². The molecular weight excluding hydrogens is 310 g/mol. The van der Waals surface area contributed by atoms with Gasteiger partial charge in [0.1, 0.15) is 0 Å². The monoisotopic (exact) mass is 327 g/mol. The summed E-state index contributed by atoms with van der Waals surface area (Å²) in [7, 11) is 0. The second kappa shape index (κ2) is 6.86. The number of aliphatic hydroxyl groups excluding tert-OH is 1. The lowest BCUT2D eigenvalue weighted by Crippen LogP contribution is -2.36. The minimum atomic E-state index is -0.844. The average Bonchev–Trinajstić information content (AvgIpc) is 2.55. The number of nitrogens with zero attached hydrogens (tertiary/aromatic N) is 2. The first-order valence-corrected chi connectivity index (χ1v) is 7.78. The maximum Gasteiger partial charge on any atom is 0.205 e. The number of benzene rings is 2. The topological polar surface area (TPSA) is 47.9 Å². The highest BCUT2D eigenvalue weighted by Crippen LogP contribution is 2.24. The number of aliphatic imine (C=N–C) groups is 1. The van der Waals surface area contributed by atoms with Gasteiger partial charge in [0.05, 0.1) is 6.54 Å². The first kappa shape index (κ1) is 15.6. The summed E-state index contributed by atoms with van der Waals surface area (Å²) in [4.78, 5) is 6.24. The van der Waals surface area contributed by atoms with Crippen LogP contribution in [-0.4, -0.2) is 22.2 Å². The van der Waals surface area contributed by atoms with Gasteiger partial charge in [-0.2, -0.15) is 0 Å². The summed E-state index contributed by atoms with van der Waals surface area (Å²) in [6.07, 6.45) is 2.65. The van der Waals surface area contributed by atoms with E-state index in [0.717, 1.165) is 16.8 Å². The van der Waals surface area contributed by atoms with Gasteiger partial charge < -0.3 is 15.3 Å². The molecule has 118 valence electrons. The Labute approximate surface area is 140 Å². The number of anilines is 1. The molecule has 0 saturated heterocycles. The summed E-state index contributed by atoms with van der Waals surface area (Å²) in [5, 5.41) is 13.8. The third-order valence-electron chi connectivity index (χ3n) is 3.67. The van der Waals surface area contributed by atoms with Crippen LogP contribution in [0.2, 0.25) is 5.02 Å². The van der Waals surface area contributed by atoms with Crippen LogP contribution in [-0.2, 0) is 6.54 Å². The van der Waals surface area contributed by atoms with Crippen LogP contribution in [0.5, 0.6) is 0 Å². The molecule has 1 aliphatic rings. The standard InChI is InChI=1S/C18H18ClN3O/c1-13-15(19)8-5-9-16(13)20-18-21-17(23)10-11-22(18)12-14-6-3-2-4-7-14/h2-11,17,23H,12H2,1H3,(H,20,21). The van der Waals surface area contributed by atoms with Crippen LogP contribution >= 0.6 is 11.6 Å². The predicted octanol–water partition coefficient (Wildman–Crippen LogP) is 3.76. The fraction of sp³-hybridized carbons (Fsp3) is 0.167. The lowest BCUT2D eigenvalue weighted by atomic mass is 10.2. The van der Waals surface area contributed by atoms with Gasteiger partial charge in [-0.05, 0) is 36.3 Å². The molecule has 0 bridgehead atoms. The van der Waals surface area contributed by atoms with Gasteiger partial charge >= 0.3 is 0 Å². The molecule has 2 aromatic rings. The minimum absolute atomic E-state index is 0.592. The summed E-state index contributed by atoms with van der Waals surface area (Å²) in [6.45, 7) is 2.61. The van der Waals surface area contributed by atoms with E-state index in [1.54, 1.807) is 6.08 Å². The molecule has 0 aliphatic carbocycles. The first-order chi connectivity index (χ1) is 11.1. The fourth-order valence-electron chi connectivity index (χ4n) is 2.37. The maximum atomic E-state index is 9.80. The number of hydrogen-bond donors (Lipinski definition) is 2. The Kier molecular flexibility index (Phi) is 4.65. The van der Waals surface area contributed by atoms with Crippen molar-refractivity contribution >= 4 is 23.2 Å². The van der Waals surface area contributed by atoms with E-state index in [0.29, 0.717) is 17.5 Å². The highest BCUT2D eigenvalue weighted by molar-refractivity contribution is 6.31. The zero-order valence-corrected chi connectivity index (χ0v) is 13.5. The van der Waals surface area contributed by atoms with Crippen molar-refractivity contribution in [1.82, 2.24) is 4.90 Å². The largest absolute Gasteiger partial charge is 0.368 e. The van der Waals surface area contributed by atoms with Crippen LogP contribution in [0.4, 0.5) is 5.69 Å². The number of nitrogens with one attached hydrogen (secondary N) is 1. The molecule has 0 saturated carbocycles. The molecule has 0 amide bonds. The van der Waals surface area contributed by atoms with Gasteiger partial charge in [0, 0.05) is 16.9 Å². The zero-order valence-electron chi connectivity index (χ0n) is 12.8. The van der Waals surface area contributed by atoms with Crippen LogP contribution in [0.3, 0.4) is 0 Å². The second-order valence-corrected chi connectivity index (χ2v) is 5.77. The number of aliphatic hydroxyl groups is 1. The molecule has 0 aromatic heterocycles. The van der Waals surface area contributed by atoms with Crippen molar-refractivity contribution in [2.75, 3.05) is 5.32 Å². The van der Waals surface area contributed by atoms with Gasteiger partial charge in [-0.15, -0.1) is 0 Å². The van der Waals surface area contributed by atoms with E-state index >= 15 is 0 Å². The molecule has 1 aliphatic heterocycles. The highest BCUT2D eigenvalue weighted by Gasteiger charge is 2.17. The van der Waals surface area contributed by atoms with Crippen molar-refractivity contribution in [3.05, 3.63) is 77.0 Å². The van der Waals surface area contributed by atoms with E-state index in [2.05, 4.69) is 22.4 Å². The Morgan fingerprint density at radius 3 is 2.74 bits per heavy atom. The third-order valence-corrected chi connectivity index (χ3v) is 4.08. The zero-order chi connectivity index (χ0) is 16.2. The summed E-state index contributed by atoms with van der Waals surface area (Å²) >= 11 is 6.17. The minimum Gasteiger partial charge on any atom is -0.368 e. The van der Waals surface area contributed by atoms with E-state index in [1.165, 1.54) is 0 Å².